The minimum absolute atomic E-state index is 0.0514. The van der Waals surface area contributed by atoms with E-state index in [0.717, 1.165) is 36.2 Å². The highest BCUT2D eigenvalue weighted by molar-refractivity contribution is 6.38. The molecule has 0 saturated heterocycles. The largest absolute Gasteiger partial charge is 0.461 e. The van der Waals surface area contributed by atoms with Gasteiger partial charge in [0.05, 0.1) is 12.3 Å². The van der Waals surface area contributed by atoms with Crippen LogP contribution >= 0.6 is 0 Å². The molecule has 1 saturated carbocycles. The lowest BCUT2D eigenvalue weighted by atomic mass is 9.85. The summed E-state index contributed by atoms with van der Waals surface area (Å²) in [5.41, 5.74) is 2.53. The van der Waals surface area contributed by atoms with Gasteiger partial charge < -0.3 is 15.4 Å². The average Bonchev–Trinajstić information content (AvgIpc) is 3.23. The molecule has 0 radical (unpaired) electrons. The second kappa shape index (κ2) is 10.3. The zero-order valence-corrected chi connectivity index (χ0v) is 18.6. The molecule has 0 aromatic heterocycles. The molecule has 2 N–H and O–H groups in total. The number of nitrogens with one attached hydrogen (secondary N) is 2. The fourth-order valence-electron chi connectivity index (χ4n) is 3.85. The molecular formula is C25H28N4O4. The summed E-state index contributed by atoms with van der Waals surface area (Å²) >= 11 is 0. The van der Waals surface area contributed by atoms with Crippen LogP contribution in [0.25, 0.3) is 0 Å². The first-order chi connectivity index (χ1) is 16.0. The third kappa shape index (κ3) is 5.39. The van der Waals surface area contributed by atoms with Crippen LogP contribution in [-0.2, 0) is 25.7 Å². The molecule has 1 heterocycles. The number of amides is 2. The summed E-state index contributed by atoms with van der Waals surface area (Å²) in [4.78, 5) is 37.5. The van der Waals surface area contributed by atoms with E-state index in [2.05, 4.69) is 15.7 Å². The van der Waals surface area contributed by atoms with Crippen LogP contribution in [0.15, 0.2) is 59.7 Å². The number of anilines is 2. The minimum Gasteiger partial charge on any atom is -0.461 e. The van der Waals surface area contributed by atoms with Gasteiger partial charge in [-0.25, -0.2) is 4.79 Å². The van der Waals surface area contributed by atoms with E-state index in [1.54, 1.807) is 11.9 Å². The van der Waals surface area contributed by atoms with Gasteiger partial charge in [0.1, 0.15) is 11.8 Å². The van der Waals surface area contributed by atoms with Gasteiger partial charge in [-0.05, 0) is 49.6 Å². The van der Waals surface area contributed by atoms with E-state index in [4.69, 9.17) is 4.74 Å². The van der Waals surface area contributed by atoms with Gasteiger partial charge in [-0.2, -0.15) is 5.10 Å². The predicted molar refractivity (Wildman–Crippen MR) is 126 cm³/mol. The van der Waals surface area contributed by atoms with Gasteiger partial charge in [-0.1, -0.05) is 36.8 Å². The predicted octanol–water partition coefficient (Wildman–Crippen LogP) is 3.24. The summed E-state index contributed by atoms with van der Waals surface area (Å²) in [6, 6.07) is 16.1. The van der Waals surface area contributed by atoms with Gasteiger partial charge in [0.15, 0.2) is 0 Å². The molecule has 8 nitrogen and oxygen atoms in total. The molecule has 8 heteroatoms. The van der Waals surface area contributed by atoms with Crippen molar-refractivity contribution in [2.45, 2.75) is 45.2 Å². The Hall–Kier alpha value is -3.68. The topological polar surface area (TPSA) is 100 Å². The molecule has 172 valence electrons. The molecule has 2 aliphatic rings. The highest BCUT2D eigenvalue weighted by atomic mass is 16.5. The van der Waals surface area contributed by atoms with E-state index < -0.39 is 12.0 Å². The molecular weight excluding hydrogens is 420 g/mol. The maximum absolute atomic E-state index is 13.1. The summed E-state index contributed by atoms with van der Waals surface area (Å²) < 4.78 is 5.08. The third-order valence-electron chi connectivity index (χ3n) is 5.88. The Balaban J connectivity index is 1.41. The number of carbonyl (C=O) groups is 3. The van der Waals surface area contributed by atoms with Crippen molar-refractivity contribution in [2.24, 2.45) is 11.0 Å². The summed E-state index contributed by atoms with van der Waals surface area (Å²) in [6.45, 7) is 2.27. The summed E-state index contributed by atoms with van der Waals surface area (Å²) in [7, 11) is 0. The van der Waals surface area contributed by atoms with Crippen LogP contribution in [0.5, 0.6) is 0 Å². The Morgan fingerprint density at radius 1 is 1.06 bits per heavy atom. The third-order valence-corrected chi connectivity index (χ3v) is 5.88. The number of benzene rings is 2. The first kappa shape index (κ1) is 22.5. The molecule has 1 aliphatic carbocycles. The number of rotatable bonds is 8. The number of carbonyl (C=O) groups excluding carboxylic acids is 3. The van der Waals surface area contributed by atoms with E-state index in [-0.39, 0.29) is 36.5 Å². The van der Waals surface area contributed by atoms with E-state index in [1.165, 1.54) is 0 Å². The fourth-order valence-corrected chi connectivity index (χ4v) is 3.85. The molecule has 2 amide bonds. The lowest BCUT2D eigenvalue weighted by Gasteiger charge is -2.24. The quantitative estimate of drug-likeness (QED) is 0.604. The van der Waals surface area contributed by atoms with Crippen molar-refractivity contribution in [1.29, 1.82) is 0 Å². The number of esters is 1. The minimum atomic E-state index is -0.659. The van der Waals surface area contributed by atoms with Crippen LogP contribution in [0.1, 0.15) is 38.2 Å². The van der Waals surface area contributed by atoms with Crippen molar-refractivity contribution in [3.8, 4) is 0 Å². The Labute approximate surface area is 193 Å². The van der Waals surface area contributed by atoms with Crippen molar-refractivity contribution in [3.05, 3.63) is 60.2 Å². The number of hydrogen-bond donors (Lipinski definition) is 2. The number of ether oxygens (including phenoxy) is 1. The van der Waals surface area contributed by atoms with E-state index in [9.17, 15) is 14.4 Å². The molecule has 1 atom stereocenters. The van der Waals surface area contributed by atoms with Crippen molar-refractivity contribution in [2.75, 3.05) is 16.9 Å². The fraction of sp³-hybridized carbons (Fsp3) is 0.360. The van der Waals surface area contributed by atoms with Gasteiger partial charge in [-0.15, -0.1) is 0 Å². The Bertz CT molecular complexity index is 1050. The average molecular weight is 449 g/mol. The number of hydrazone groups is 1. The second-order valence-corrected chi connectivity index (χ2v) is 8.20. The molecule has 0 bridgehead atoms. The zero-order chi connectivity index (χ0) is 23.2. The molecule has 1 unspecified atom stereocenters. The maximum Gasteiger partial charge on any atom is 0.354 e. The molecule has 1 aliphatic heterocycles. The van der Waals surface area contributed by atoms with Crippen LogP contribution in [0.4, 0.5) is 11.4 Å². The normalized spacial score (nSPS) is 17.7. The lowest BCUT2D eigenvalue weighted by molar-refractivity contribution is -0.135. The molecule has 4 rings (SSSR count). The highest BCUT2D eigenvalue weighted by Crippen LogP contribution is 2.28. The highest BCUT2D eigenvalue weighted by Gasteiger charge is 2.36. The first-order valence-corrected chi connectivity index (χ1v) is 11.3. The molecule has 0 spiro atoms. The van der Waals surface area contributed by atoms with Gasteiger partial charge >= 0.3 is 5.97 Å². The van der Waals surface area contributed by atoms with E-state index >= 15 is 0 Å². The number of nitrogens with zero attached hydrogens (tertiary/aromatic N) is 2. The van der Waals surface area contributed by atoms with Gasteiger partial charge in [-0.3, -0.25) is 14.6 Å². The Morgan fingerprint density at radius 3 is 2.55 bits per heavy atom. The van der Waals surface area contributed by atoms with Gasteiger partial charge in [0, 0.05) is 24.6 Å². The first-order valence-electron chi connectivity index (χ1n) is 11.3. The van der Waals surface area contributed by atoms with Crippen LogP contribution < -0.4 is 15.6 Å². The Morgan fingerprint density at radius 2 is 1.85 bits per heavy atom. The lowest BCUT2D eigenvalue weighted by Crippen LogP contribution is -2.42. The van der Waals surface area contributed by atoms with Crippen LogP contribution in [0.2, 0.25) is 0 Å². The monoisotopic (exact) mass is 448 g/mol. The van der Waals surface area contributed by atoms with Crippen LogP contribution in [0, 0.1) is 5.92 Å². The van der Waals surface area contributed by atoms with Crippen molar-refractivity contribution >= 4 is 34.9 Å². The smallest absolute Gasteiger partial charge is 0.354 e. The van der Waals surface area contributed by atoms with Crippen molar-refractivity contribution < 1.29 is 19.1 Å². The number of hydrogen-bond acceptors (Lipinski definition) is 6. The second-order valence-electron chi connectivity index (χ2n) is 8.20. The molecule has 2 aromatic carbocycles. The van der Waals surface area contributed by atoms with Gasteiger partial charge in [0.25, 0.3) is 0 Å². The number of para-hydroxylation sites is 1. The van der Waals surface area contributed by atoms with Crippen molar-refractivity contribution in [1.82, 2.24) is 5.32 Å². The standard InChI is InChI=1S/C25H28N4O4/c1-2-33-25(32)21-15-22(29(28-21)20-12-4-3-5-13-20)24(31)26-16-17-8-6-11-19(14-17)27-23(30)18-9-7-10-18/h3-6,8,11-14,18,22H,2,7,9-10,15-16H2,1H3,(H,26,31)(H,27,30). The molecule has 1 fully saturated rings. The summed E-state index contributed by atoms with van der Waals surface area (Å²) in [5.74, 6) is -0.599. The SMILES string of the molecule is CCOC(=O)C1=NN(c2ccccc2)C(C(=O)NCc2cccc(NC(=O)C3CCC3)c2)C1. The molecule has 2 aromatic rings. The van der Waals surface area contributed by atoms with Crippen LogP contribution in [-0.4, -0.2) is 36.1 Å². The summed E-state index contributed by atoms with van der Waals surface area (Å²) in [5, 5.41) is 11.8. The molecule has 33 heavy (non-hydrogen) atoms. The maximum atomic E-state index is 13.1. The zero-order valence-electron chi connectivity index (χ0n) is 18.6. The van der Waals surface area contributed by atoms with Gasteiger partial charge in [0.2, 0.25) is 11.8 Å². The van der Waals surface area contributed by atoms with E-state index in [0.29, 0.717) is 6.54 Å². The van der Waals surface area contributed by atoms with Crippen LogP contribution in [0.3, 0.4) is 0 Å². The Kier molecular flexibility index (Phi) is 7.02. The summed E-state index contributed by atoms with van der Waals surface area (Å²) in [6.07, 6.45) is 3.15. The van der Waals surface area contributed by atoms with Crippen molar-refractivity contribution in [3.63, 3.8) is 0 Å². The van der Waals surface area contributed by atoms with E-state index in [1.807, 2.05) is 54.6 Å².